The maximum Gasteiger partial charge on any atom is 0.317 e. The SMILES string of the molecule is COc1cc(Cl)c(C)cc1N1CCN(C(=O)NCc2ccccn2)CC1. The van der Waals surface area contributed by atoms with Gasteiger partial charge in [0.1, 0.15) is 5.75 Å². The number of piperazine rings is 1. The molecule has 7 heteroatoms. The van der Waals surface area contributed by atoms with Gasteiger partial charge in [0, 0.05) is 43.5 Å². The highest BCUT2D eigenvalue weighted by Gasteiger charge is 2.23. The molecule has 0 bridgehead atoms. The van der Waals surface area contributed by atoms with Crippen molar-refractivity contribution in [2.45, 2.75) is 13.5 Å². The Bertz CT molecular complexity index is 762. The number of pyridine rings is 1. The summed E-state index contributed by atoms with van der Waals surface area (Å²) >= 11 is 6.19. The van der Waals surface area contributed by atoms with Gasteiger partial charge in [0.05, 0.1) is 25.0 Å². The number of halogens is 1. The standard InChI is InChI=1S/C19H23ClN4O2/c1-14-11-17(18(26-2)12-16(14)20)23-7-9-24(10-8-23)19(25)22-13-15-5-3-4-6-21-15/h3-6,11-12H,7-10,13H2,1-2H3,(H,22,25). The van der Waals surface area contributed by atoms with E-state index in [1.165, 1.54) is 0 Å². The molecule has 0 aliphatic carbocycles. The van der Waals surface area contributed by atoms with E-state index in [2.05, 4.69) is 15.2 Å². The Morgan fingerprint density at radius 2 is 2.04 bits per heavy atom. The molecule has 1 aliphatic heterocycles. The molecule has 2 amide bonds. The van der Waals surface area contributed by atoms with E-state index in [0.717, 1.165) is 35.8 Å². The number of hydrogen-bond acceptors (Lipinski definition) is 4. The first kappa shape index (κ1) is 18.3. The first-order chi connectivity index (χ1) is 12.6. The van der Waals surface area contributed by atoms with Crippen LogP contribution in [0.3, 0.4) is 0 Å². The van der Waals surface area contributed by atoms with Gasteiger partial charge in [0.2, 0.25) is 0 Å². The van der Waals surface area contributed by atoms with Crippen molar-refractivity contribution >= 4 is 23.3 Å². The van der Waals surface area contributed by atoms with Crippen molar-refractivity contribution in [3.8, 4) is 5.75 Å². The summed E-state index contributed by atoms with van der Waals surface area (Å²) in [4.78, 5) is 20.6. The Kier molecular flexibility index (Phi) is 5.83. The summed E-state index contributed by atoms with van der Waals surface area (Å²) in [5.74, 6) is 0.758. The number of carbonyl (C=O) groups is 1. The van der Waals surface area contributed by atoms with E-state index in [1.54, 1.807) is 13.3 Å². The molecule has 1 N–H and O–H groups in total. The summed E-state index contributed by atoms with van der Waals surface area (Å²) in [5.41, 5.74) is 2.88. The summed E-state index contributed by atoms with van der Waals surface area (Å²) in [5, 5.41) is 3.62. The van der Waals surface area contributed by atoms with Gasteiger partial charge in [-0.25, -0.2) is 4.79 Å². The van der Waals surface area contributed by atoms with Gasteiger partial charge in [-0.3, -0.25) is 4.98 Å². The largest absolute Gasteiger partial charge is 0.495 e. The number of anilines is 1. The number of benzene rings is 1. The first-order valence-electron chi connectivity index (χ1n) is 8.60. The van der Waals surface area contributed by atoms with Crippen LogP contribution in [-0.4, -0.2) is 49.2 Å². The third-order valence-electron chi connectivity index (χ3n) is 4.51. The third-order valence-corrected chi connectivity index (χ3v) is 4.92. The number of amides is 2. The molecule has 26 heavy (non-hydrogen) atoms. The number of rotatable bonds is 4. The Labute approximate surface area is 158 Å². The molecular formula is C19H23ClN4O2. The molecule has 0 saturated carbocycles. The minimum absolute atomic E-state index is 0.0606. The van der Waals surface area contributed by atoms with E-state index in [9.17, 15) is 4.79 Å². The first-order valence-corrected chi connectivity index (χ1v) is 8.98. The van der Waals surface area contributed by atoms with Crippen LogP contribution in [0, 0.1) is 6.92 Å². The predicted octanol–water partition coefficient (Wildman–Crippen LogP) is 3.08. The average Bonchev–Trinajstić information content (AvgIpc) is 2.68. The van der Waals surface area contributed by atoms with Crippen LogP contribution in [0.25, 0.3) is 0 Å². The van der Waals surface area contributed by atoms with Crippen LogP contribution in [0.4, 0.5) is 10.5 Å². The van der Waals surface area contributed by atoms with Crippen molar-refractivity contribution in [3.63, 3.8) is 0 Å². The van der Waals surface area contributed by atoms with Crippen LogP contribution < -0.4 is 15.0 Å². The van der Waals surface area contributed by atoms with Crippen molar-refractivity contribution in [2.75, 3.05) is 38.2 Å². The van der Waals surface area contributed by atoms with Gasteiger partial charge in [0.25, 0.3) is 0 Å². The van der Waals surface area contributed by atoms with E-state index in [4.69, 9.17) is 16.3 Å². The summed E-state index contributed by atoms with van der Waals surface area (Å²) in [7, 11) is 1.64. The highest BCUT2D eigenvalue weighted by atomic mass is 35.5. The number of urea groups is 1. The summed E-state index contributed by atoms with van der Waals surface area (Å²) in [6, 6.07) is 9.49. The Balaban J connectivity index is 1.57. The number of ether oxygens (including phenoxy) is 1. The van der Waals surface area contributed by atoms with E-state index in [-0.39, 0.29) is 6.03 Å². The second-order valence-electron chi connectivity index (χ2n) is 6.23. The molecule has 6 nitrogen and oxygen atoms in total. The number of carbonyl (C=O) groups excluding carboxylic acids is 1. The number of hydrogen-bond donors (Lipinski definition) is 1. The van der Waals surface area contributed by atoms with Crippen molar-refractivity contribution in [1.82, 2.24) is 15.2 Å². The minimum atomic E-state index is -0.0606. The van der Waals surface area contributed by atoms with E-state index < -0.39 is 0 Å². The second kappa shape index (κ2) is 8.27. The third kappa shape index (κ3) is 4.19. The van der Waals surface area contributed by atoms with Crippen molar-refractivity contribution in [1.29, 1.82) is 0 Å². The summed E-state index contributed by atoms with van der Waals surface area (Å²) in [6.45, 7) is 5.21. The molecule has 1 aromatic heterocycles. The summed E-state index contributed by atoms with van der Waals surface area (Å²) < 4.78 is 5.47. The maximum atomic E-state index is 12.4. The zero-order chi connectivity index (χ0) is 18.5. The Hall–Kier alpha value is -2.47. The van der Waals surface area contributed by atoms with Crippen LogP contribution in [0.2, 0.25) is 5.02 Å². The fraction of sp³-hybridized carbons (Fsp3) is 0.368. The zero-order valence-electron chi connectivity index (χ0n) is 15.0. The second-order valence-corrected chi connectivity index (χ2v) is 6.63. The summed E-state index contributed by atoms with van der Waals surface area (Å²) in [6.07, 6.45) is 1.72. The number of nitrogens with one attached hydrogen (secondary N) is 1. The smallest absolute Gasteiger partial charge is 0.317 e. The molecule has 1 aliphatic rings. The van der Waals surface area contributed by atoms with Gasteiger partial charge in [-0.2, -0.15) is 0 Å². The molecule has 0 unspecified atom stereocenters. The highest BCUT2D eigenvalue weighted by molar-refractivity contribution is 6.31. The van der Waals surface area contributed by atoms with Gasteiger partial charge in [0.15, 0.2) is 0 Å². The molecule has 1 fully saturated rings. The van der Waals surface area contributed by atoms with Crippen LogP contribution in [-0.2, 0) is 6.54 Å². The highest BCUT2D eigenvalue weighted by Crippen LogP contribution is 2.34. The molecular weight excluding hydrogens is 352 g/mol. The van der Waals surface area contributed by atoms with Gasteiger partial charge in [-0.1, -0.05) is 17.7 Å². The molecule has 3 rings (SSSR count). The quantitative estimate of drug-likeness (QED) is 0.893. The van der Waals surface area contributed by atoms with Crippen LogP contribution >= 0.6 is 11.6 Å². The van der Waals surface area contributed by atoms with Gasteiger partial charge < -0.3 is 19.9 Å². The van der Waals surface area contributed by atoms with Crippen molar-refractivity contribution in [3.05, 3.63) is 52.8 Å². The fourth-order valence-corrected chi connectivity index (χ4v) is 3.14. The lowest BCUT2D eigenvalue weighted by Gasteiger charge is -2.36. The van der Waals surface area contributed by atoms with E-state index >= 15 is 0 Å². The lowest BCUT2D eigenvalue weighted by molar-refractivity contribution is 0.193. The molecule has 0 radical (unpaired) electrons. The minimum Gasteiger partial charge on any atom is -0.495 e. The van der Waals surface area contributed by atoms with Gasteiger partial charge in [-0.05, 0) is 30.7 Å². The molecule has 1 saturated heterocycles. The van der Waals surface area contributed by atoms with Crippen LogP contribution in [0.15, 0.2) is 36.5 Å². The lowest BCUT2D eigenvalue weighted by atomic mass is 10.1. The Morgan fingerprint density at radius 1 is 1.27 bits per heavy atom. The monoisotopic (exact) mass is 374 g/mol. The fourth-order valence-electron chi connectivity index (χ4n) is 2.99. The number of aromatic nitrogens is 1. The van der Waals surface area contributed by atoms with E-state index in [1.807, 2.05) is 42.2 Å². The van der Waals surface area contributed by atoms with Gasteiger partial charge >= 0.3 is 6.03 Å². The molecule has 1 aromatic carbocycles. The van der Waals surface area contributed by atoms with Gasteiger partial charge in [-0.15, -0.1) is 0 Å². The Morgan fingerprint density at radius 3 is 2.69 bits per heavy atom. The maximum absolute atomic E-state index is 12.4. The molecule has 0 spiro atoms. The topological polar surface area (TPSA) is 57.7 Å². The zero-order valence-corrected chi connectivity index (χ0v) is 15.8. The van der Waals surface area contributed by atoms with Crippen LogP contribution in [0.1, 0.15) is 11.3 Å². The molecule has 2 aromatic rings. The predicted molar refractivity (Wildman–Crippen MR) is 103 cm³/mol. The molecule has 2 heterocycles. The normalized spacial score (nSPS) is 14.3. The number of nitrogens with zero attached hydrogens (tertiary/aromatic N) is 3. The lowest BCUT2D eigenvalue weighted by Crippen LogP contribution is -2.51. The molecule has 0 atom stereocenters. The number of methoxy groups -OCH3 is 1. The van der Waals surface area contributed by atoms with Crippen molar-refractivity contribution < 1.29 is 9.53 Å². The van der Waals surface area contributed by atoms with Crippen molar-refractivity contribution in [2.24, 2.45) is 0 Å². The average molecular weight is 375 g/mol. The molecule has 138 valence electrons. The van der Waals surface area contributed by atoms with Crippen LogP contribution in [0.5, 0.6) is 5.75 Å². The number of aryl methyl sites for hydroxylation is 1. The van der Waals surface area contributed by atoms with E-state index in [0.29, 0.717) is 24.7 Å².